The fraction of sp³-hybridized carbons (Fsp3) is 0.304. The summed E-state index contributed by atoms with van der Waals surface area (Å²) in [4.78, 5) is 34.8. The van der Waals surface area contributed by atoms with Crippen LogP contribution in [-0.2, 0) is 0 Å². The van der Waals surface area contributed by atoms with Crippen LogP contribution in [0.5, 0.6) is 5.75 Å². The number of hydrogen-bond acceptors (Lipinski definition) is 7. The van der Waals surface area contributed by atoms with E-state index in [1.165, 1.54) is 40.2 Å². The van der Waals surface area contributed by atoms with Crippen LogP contribution in [-0.4, -0.2) is 82.0 Å². The maximum absolute atomic E-state index is 12.5. The molecule has 1 saturated heterocycles. The number of ether oxygens (including phenoxy) is 1. The second-order valence-electron chi connectivity index (χ2n) is 8.17. The molecule has 0 atom stereocenters. The molecule has 12 heteroatoms. The van der Waals surface area contributed by atoms with E-state index in [0.717, 1.165) is 0 Å². The molecule has 2 amide bonds. The lowest BCUT2D eigenvalue weighted by atomic mass is 10.1. The highest BCUT2D eigenvalue weighted by atomic mass is 19.4. The summed E-state index contributed by atoms with van der Waals surface area (Å²) in [5, 5.41) is 4.44. The number of piperazine rings is 1. The third-order valence-electron chi connectivity index (χ3n) is 5.99. The van der Waals surface area contributed by atoms with E-state index in [1.807, 2.05) is 4.90 Å². The smallest absolute Gasteiger partial charge is 0.406 e. The predicted octanol–water partition coefficient (Wildman–Crippen LogP) is 2.58. The molecule has 35 heavy (non-hydrogen) atoms. The number of aromatic nitrogens is 3. The standard InChI is InChI=1S/C23H21F3N6O3/c24-23(25,26)35-17-7-5-16(6-8-17)32-15-27-22(28-32)30-12-9-29(10-13-30)11-14-31-20(33)18-3-1-2-4-19(18)21(31)34/h1-8,15H,9-14H2. The second kappa shape index (κ2) is 9.02. The molecular formula is C23H21F3N6O3. The highest BCUT2D eigenvalue weighted by Gasteiger charge is 2.35. The molecule has 3 heterocycles. The molecule has 0 saturated carbocycles. The first-order valence-corrected chi connectivity index (χ1v) is 11.0. The second-order valence-corrected chi connectivity index (χ2v) is 8.17. The van der Waals surface area contributed by atoms with Crippen LogP contribution in [0.3, 0.4) is 0 Å². The summed E-state index contributed by atoms with van der Waals surface area (Å²) in [6.07, 6.45) is -3.24. The fourth-order valence-corrected chi connectivity index (χ4v) is 4.18. The molecule has 182 valence electrons. The number of amides is 2. The summed E-state index contributed by atoms with van der Waals surface area (Å²) < 4.78 is 42.4. The Morgan fingerprint density at radius 3 is 2.09 bits per heavy atom. The van der Waals surface area contributed by atoms with Crippen molar-refractivity contribution in [3.63, 3.8) is 0 Å². The molecular weight excluding hydrogens is 465 g/mol. The summed E-state index contributed by atoms with van der Waals surface area (Å²) in [6, 6.07) is 12.2. The van der Waals surface area contributed by atoms with Gasteiger partial charge in [-0.15, -0.1) is 18.3 Å². The summed E-state index contributed by atoms with van der Waals surface area (Å²) >= 11 is 0. The van der Waals surface area contributed by atoms with Crippen molar-refractivity contribution in [2.45, 2.75) is 6.36 Å². The largest absolute Gasteiger partial charge is 0.573 e. The molecule has 5 rings (SSSR count). The molecule has 0 N–H and O–H groups in total. The van der Waals surface area contributed by atoms with Crippen molar-refractivity contribution in [2.24, 2.45) is 0 Å². The van der Waals surface area contributed by atoms with Crippen LogP contribution >= 0.6 is 0 Å². The van der Waals surface area contributed by atoms with Gasteiger partial charge in [0.15, 0.2) is 0 Å². The van der Waals surface area contributed by atoms with Gasteiger partial charge in [-0.1, -0.05) is 12.1 Å². The Kier molecular flexibility index (Phi) is 5.89. The zero-order valence-electron chi connectivity index (χ0n) is 18.5. The van der Waals surface area contributed by atoms with Gasteiger partial charge in [0.1, 0.15) is 12.1 Å². The predicted molar refractivity (Wildman–Crippen MR) is 119 cm³/mol. The van der Waals surface area contributed by atoms with Gasteiger partial charge in [-0.2, -0.15) is 4.98 Å². The van der Waals surface area contributed by atoms with Gasteiger partial charge in [-0.05, 0) is 36.4 Å². The lowest BCUT2D eigenvalue weighted by Crippen LogP contribution is -2.49. The minimum atomic E-state index is -4.74. The van der Waals surface area contributed by atoms with E-state index < -0.39 is 6.36 Å². The number of carbonyl (C=O) groups is 2. The molecule has 2 aliphatic rings. The zero-order chi connectivity index (χ0) is 24.6. The van der Waals surface area contributed by atoms with E-state index in [0.29, 0.717) is 62.0 Å². The Morgan fingerprint density at radius 2 is 1.49 bits per heavy atom. The summed E-state index contributed by atoms with van der Waals surface area (Å²) in [7, 11) is 0. The number of imide groups is 1. The van der Waals surface area contributed by atoms with Crippen molar-refractivity contribution in [1.29, 1.82) is 0 Å². The monoisotopic (exact) mass is 486 g/mol. The average molecular weight is 486 g/mol. The van der Waals surface area contributed by atoms with E-state index in [4.69, 9.17) is 0 Å². The SMILES string of the molecule is O=C1c2ccccc2C(=O)N1CCN1CCN(c2ncn(-c3ccc(OC(F)(F)F)cc3)n2)CC1. The Hall–Kier alpha value is -3.93. The third kappa shape index (κ3) is 4.83. The number of nitrogens with zero attached hydrogens (tertiary/aromatic N) is 6. The summed E-state index contributed by atoms with van der Waals surface area (Å²) in [6.45, 7) is 3.64. The minimum Gasteiger partial charge on any atom is -0.406 e. The molecule has 0 radical (unpaired) electrons. The van der Waals surface area contributed by atoms with Gasteiger partial charge in [0.2, 0.25) is 5.95 Å². The van der Waals surface area contributed by atoms with Gasteiger partial charge in [0.25, 0.3) is 11.8 Å². The number of hydrogen-bond donors (Lipinski definition) is 0. The van der Waals surface area contributed by atoms with Gasteiger partial charge in [0.05, 0.1) is 16.8 Å². The van der Waals surface area contributed by atoms with Crippen molar-refractivity contribution < 1.29 is 27.5 Å². The van der Waals surface area contributed by atoms with Crippen molar-refractivity contribution >= 4 is 17.8 Å². The molecule has 2 aliphatic heterocycles. The van der Waals surface area contributed by atoms with Gasteiger partial charge in [-0.25, -0.2) is 4.68 Å². The fourth-order valence-electron chi connectivity index (χ4n) is 4.18. The van der Waals surface area contributed by atoms with Crippen LogP contribution in [0.15, 0.2) is 54.9 Å². The maximum Gasteiger partial charge on any atom is 0.573 e. The summed E-state index contributed by atoms with van der Waals surface area (Å²) in [5.41, 5.74) is 1.45. The molecule has 0 spiro atoms. The molecule has 0 aliphatic carbocycles. The quantitative estimate of drug-likeness (QED) is 0.496. The molecule has 1 fully saturated rings. The highest BCUT2D eigenvalue weighted by Crippen LogP contribution is 2.24. The number of fused-ring (bicyclic) bond motifs is 1. The number of benzene rings is 2. The molecule has 1 aromatic heterocycles. The van der Waals surface area contributed by atoms with E-state index in [1.54, 1.807) is 24.3 Å². The number of alkyl halides is 3. The molecule has 2 aromatic carbocycles. The van der Waals surface area contributed by atoms with Crippen LogP contribution < -0.4 is 9.64 Å². The Bertz CT molecular complexity index is 1200. The van der Waals surface area contributed by atoms with Crippen LogP contribution in [0.4, 0.5) is 19.1 Å². The van der Waals surface area contributed by atoms with E-state index in [2.05, 4.69) is 19.7 Å². The third-order valence-corrected chi connectivity index (χ3v) is 5.99. The zero-order valence-corrected chi connectivity index (χ0v) is 18.5. The van der Waals surface area contributed by atoms with Gasteiger partial charge >= 0.3 is 6.36 Å². The van der Waals surface area contributed by atoms with Crippen LogP contribution in [0, 0.1) is 0 Å². The lowest BCUT2D eigenvalue weighted by Gasteiger charge is -2.34. The van der Waals surface area contributed by atoms with E-state index >= 15 is 0 Å². The number of carbonyl (C=O) groups excluding carboxylic acids is 2. The topological polar surface area (TPSA) is 83.8 Å². The molecule has 3 aromatic rings. The first-order valence-electron chi connectivity index (χ1n) is 11.0. The van der Waals surface area contributed by atoms with Crippen molar-refractivity contribution in [3.05, 3.63) is 66.0 Å². The van der Waals surface area contributed by atoms with Gasteiger partial charge in [-0.3, -0.25) is 19.4 Å². The van der Waals surface area contributed by atoms with Crippen LogP contribution in [0.2, 0.25) is 0 Å². The number of rotatable bonds is 6. The summed E-state index contributed by atoms with van der Waals surface area (Å²) in [5.74, 6) is -0.298. The Morgan fingerprint density at radius 1 is 0.857 bits per heavy atom. The Labute approximate surface area is 198 Å². The van der Waals surface area contributed by atoms with E-state index in [9.17, 15) is 22.8 Å². The molecule has 0 unspecified atom stereocenters. The van der Waals surface area contributed by atoms with Gasteiger partial charge in [0, 0.05) is 39.3 Å². The van der Waals surface area contributed by atoms with Crippen LogP contribution in [0.25, 0.3) is 5.69 Å². The average Bonchev–Trinajstić information content (AvgIpc) is 3.42. The molecule has 0 bridgehead atoms. The maximum atomic E-state index is 12.5. The van der Waals surface area contributed by atoms with Crippen molar-refractivity contribution in [1.82, 2.24) is 24.6 Å². The van der Waals surface area contributed by atoms with E-state index in [-0.39, 0.29) is 17.6 Å². The van der Waals surface area contributed by atoms with Crippen molar-refractivity contribution in [2.75, 3.05) is 44.2 Å². The number of halogens is 3. The first-order chi connectivity index (χ1) is 16.8. The normalized spacial score (nSPS) is 16.7. The number of anilines is 1. The highest BCUT2D eigenvalue weighted by molar-refractivity contribution is 6.21. The molecule has 9 nitrogen and oxygen atoms in total. The van der Waals surface area contributed by atoms with Crippen molar-refractivity contribution in [3.8, 4) is 11.4 Å². The minimum absolute atomic E-state index is 0.253. The lowest BCUT2D eigenvalue weighted by molar-refractivity contribution is -0.274. The first kappa shape index (κ1) is 22.8. The van der Waals surface area contributed by atoms with Gasteiger partial charge < -0.3 is 9.64 Å². The van der Waals surface area contributed by atoms with Crippen LogP contribution in [0.1, 0.15) is 20.7 Å². The Balaban J connectivity index is 1.13.